The minimum atomic E-state index is -2.30. The molecule has 0 aliphatic heterocycles. The Kier molecular flexibility index (Phi) is 12.5. The number of aromatic hydroxyl groups is 1. The van der Waals surface area contributed by atoms with Crippen molar-refractivity contribution >= 4 is 15.4 Å². The fraction of sp³-hybridized carbons (Fsp3) is 0.386. The van der Waals surface area contributed by atoms with E-state index in [0.717, 1.165) is 5.56 Å². The summed E-state index contributed by atoms with van der Waals surface area (Å²) in [5.74, 6) is 0.399. The van der Waals surface area contributed by atoms with Gasteiger partial charge in [0.05, 0.1) is 0 Å². The second-order valence-corrected chi connectivity index (χ2v) is 29.1. The Bertz CT molecular complexity index is 2300. The Morgan fingerprint density at radius 3 is 1.19 bits per heavy atom. The summed E-state index contributed by atoms with van der Waals surface area (Å²) >= 11 is -2.30. The van der Waals surface area contributed by atoms with Crippen LogP contribution < -0.4 is 0 Å². The normalized spacial score (nSPS) is 16.4. The van der Waals surface area contributed by atoms with Crippen molar-refractivity contribution in [2.45, 2.75) is 140 Å². The van der Waals surface area contributed by atoms with E-state index < -0.39 is 21.3 Å². The van der Waals surface area contributed by atoms with E-state index in [1.807, 2.05) is 6.07 Å². The summed E-state index contributed by atoms with van der Waals surface area (Å²) in [5.41, 5.74) is 20.1. The first-order valence-corrected chi connectivity index (χ1v) is 25.8. The molecule has 0 amide bonds. The Morgan fingerprint density at radius 1 is 0.475 bits per heavy atom. The summed E-state index contributed by atoms with van der Waals surface area (Å²) in [6.45, 7) is 36.3. The van der Waals surface area contributed by atoms with E-state index in [9.17, 15) is 5.11 Å². The quantitative estimate of drug-likeness (QED) is 0.191. The molecule has 2 aliphatic carbocycles. The topological polar surface area (TPSA) is 20.2 Å². The Labute approximate surface area is 365 Å². The average Bonchev–Trinajstić information content (AvgIpc) is 3.66. The van der Waals surface area contributed by atoms with Crippen LogP contribution in [0.25, 0.3) is 34.4 Å². The summed E-state index contributed by atoms with van der Waals surface area (Å²) in [7, 11) is 0. The molecule has 0 saturated carbocycles. The molecule has 0 heterocycles. The van der Waals surface area contributed by atoms with Gasteiger partial charge in [0.15, 0.2) is 0 Å². The van der Waals surface area contributed by atoms with E-state index in [1.54, 1.807) is 31.5 Å². The van der Waals surface area contributed by atoms with Crippen LogP contribution in [0.3, 0.4) is 0 Å². The molecule has 0 spiro atoms. The summed E-state index contributed by atoms with van der Waals surface area (Å²) in [6, 6.07) is 38.7. The van der Waals surface area contributed by atoms with Gasteiger partial charge in [-0.3, -0.25) is 0 Å². The van der Waals surface area contributed by atoms with E-state index in [4.69, 9.17) is 0 Å². The summed E-state index contributed by atoms with van der Waals surface area (Å²) in [4.78, 5) is 0. The van der Waals surface area contributed by atoms with Crippen LogP contribution in [0.1, 0.15) is 163 Å². The third kappa shape index (κ3) is 9.40. The van der Waals surface area contributed by atoms with Crippen molar-refractivity contribution in [3.63, 3.8) is 0 Å². The molecule has 1 nitrogen and oxygen atoms in total. The zero-order valence-corrected chi connectivity index (χ0v) is 41.5. The van der Waals surface area contributed by atoms with Gasteiger partial charge in [-0.2, -0.15) is 0 Å². The average molecular weight is 862 g/mol. The molecule has 2 atom stereocenters. The molecule has 5 aromatic carbocycles. The van der Waals surface area contributed by atoms with Crippen molar-refractivity contribution in [1.82, 2.24) is 0 Å². The van der Waals surface area contributed by atoms with Crippen LogP contribution in [0.4, 0.5) is 0 Å². The van der Waals surface area contributed by atoms with Crippen molar-refractivity contribution < 1.29 is 26.4 Å². The molecule has 0 bridgehead atoms. The van der Waals surface area contributed by atoms with Gasteiger partial charge in [0.2, 0.25) is 0 Å². The second kappa shape index (κ2) is 16.5. The number of benzene rings is 5. The zero-order chi connectivity index (χ0) is 43.4. The molecule has 5 aromatic rings. The first-order chi connectivity index (χ1) is 27.4. The monoisotopic (exact) mass is 860 g/mol. The molecule has 0 fully saturated rings. The molecule has 308 valence electrons. The first kappa shape index (κ1) is 44.7. The van der Waals surface area contributed by atoms with Crippen molar-refractivity contribution in [3.05, 3.63) is 159 Å². The van der Waals surface area contributed by atoms with Crippen LogP contribution in [0.15, 0.2) is 114 Å². The predicted molar refractivity (Wildman–Crippen MR) is 256 cm³/mol. The standard InChI is InChI=1S/2C20H21.C14H22O.C3H6.Zr/c2*1-14-12-16-6-5-7-18(19(16)13-14)15-8-10-17(11-9-15)20(2,3)4;1-13(2,3)10-7-8-12(15)11(9-10)14(4,5)6;1-3-2;/h2*5-13H,1-4H3;7-9,15H,1-6H3;1-2H3;. The fourth-order valence-corrected chi connectivity index (χ4v) is 18.4. The van der Waals surface area contributed by atoms with Crippen LogP contribution in [-0.2, 0) is 42.9 Å². The number of hydrogen-bond donors (Lipinski definition) is 1. The molecule has 2 aliphatic rings. The van der Waals surface area contributed by atoms with Crippen LogP contribution in [0.5, 0.6) is 5.75 Å². The van der Waals surface area contributed by atoms with Crippen LogP contribution in [0.2, 0.25) is 0 Å². The number of phenols is 1. The maximum atomic E-state index is 9.84. The van der Waals surface area contributed by atoms with Gasteiger partial charge in [-0.1, -0.05) is 53.7 Å². The van der Waals surface area contributed by atoms with Crippen molar-refractivity contribution in [2.75, 3.05) is 0 Å². The van der Waals surface area contributed by atoms with Crippen LogP contribution in [0, 0.1) is 0 Å². The Balaban J connectivity index is 0.000000330. The number of fused-ring (bicyclic) bond motifs is 2. The number of phenolic OH excluding ortho intramolecular Hbond substituents is 1. The van der Waals surface area contributed by atoms with Gasteiger partial charge < -0.3 is 5.11 Å². The number of rotatable bonds is 4. The van der Waals surface area contributed by atoms with E-state index in [-0.39, 0.29) is 21.7 Å². The maximum absolute atomic E-state index is 9.84. The molecule has 7 rings (SSSR count). The number of allylic oxidation sites excluding steroid dienone is 2. The SMILES string of the molecule is CC(C)(C)c1ccc(O)c(C(C)(C)C)c1.CC1=Cc2c(-c3ccc(C(C)(C)C)cc3)cccc2[CH]1[Zr](=[C](C)C)[CH]1C(C)=Cc2c(-c3ccc(C(C)(C)C)cc3)cccc21. The second-order valence-electron chi connectivity index (χ2n) is 21.6. The van der Waals surface area contributed by atoms with Crippen molar-refractivity contribution in [1.29, 1.82) is 0 Å². The molecule has 0 saturated heterocycles. The van der Waals surface area contributed by atoms with Gasteiger partial charge in [-0.15, -0.1) is 0 Å². The zero-order valence-electron chi connectivity index (χ0n) is 39.1. The van der Waals surface area contributed by atoms with E-state index >= 15 is 0 Å². The molecular weight excluding hydrogens is 792 g/mol. The number of hydrogen-bond acceptors (Lipinski definition) is 1. The fourth-order valence-electron chi connectivity index (χ4n) is 9.08. The van der Waals surface area contributed by atoms with Crippen LogP contribution in [-0.4, -0.2) is 8.31 Å². The first-order valence-electron chi connectivity index (χ1n) is 21.7. The molecule has 2 heteroatoms. The summed E-state index contributed by atoms with van der Waals surface area (Å²) in [5, 5.41) is 9.84. The molecular formula is C57H70OZr. The molecule has 0 radical (unpaired) electrons. The van der Waals surface area contributed by atoms with Gasteiger partial charge in [0, 0.05) is 0 Å². The van der Waals surface area contributed by atoms with Gasteiger partial charge in [-0.25, -0.2) is 0 Å². The van der Waals surface area contributed by atoms with Gasteiger partial charge in [-0.05, 0) is 28.0 Å². The van der Waals surface area contributed by atoms with Crippen LogP contribution >= 0.6 is 0 Å². The molecule has 1 N–H and O–H groups in total. The summed E-state index contributed by atoms with van der Waals surface area (Å²) < 4.78 is 2.81. The van der Waals surface area contributed by atoms with Crippen molar-refractivity contribution in [2.24, 2.45) is 0 Å². The third-order valence-electron chi connectivity index (χ3n) is 12.6. The van der Waals surface area contributed by atoms with Gasteiger partial charge in [0.1, 0.15) is 5.75 Å². The molecule has 59 heavy (non-hydrogen) atoms. The van der Waals surface area contributed by atoms with E-state index in [1.165, 1.54) is 50.1 Å². The Hall–Kier alpha value is -3.87. The Morgan fingerprint density at radius 2 is 0.847 bits per heavy atom. The van der Waals surface area contributed by atoms with Crippen molar-refractivity contribution in [3.8, 4) is 28.0 Å². The molecule has 0 aromatic heterocycles. The van der Waals surface area contributed by atoms with Gasteiger partial charge in [0.25, 0.3) is 0 Å². The van der Waals surface area contributed by atoms with E-state index in [2.05, 4.69) is 214 Å². The summed E-state index contributed by atoms with van der Waals surface area (Å²) in [6.07, 6.45) is 5.05. The third-order valence-corrected chi connectivity index (χ3v) is 22.2. The van der Waals surface area contributed by atoms with Gasteiger partial charge >= 0.3 is 276 Å². The van der Waals surface area contributed by atoms with E-state index in [0.29, 0.717) is 13.0 Å². The minimum absolute atomic E-state index is 0.00859. The predicted octanol–water partition coefficient (Wildman–Crippen LogP) is 16.0. The molecule has 2 unspecified atom stereocenters.